The predicted molar refractivity (Wildman–Crippen MR) is 131 cm³/mol. The summed E-state index contributed by atoms with van der Waals surface area (Å²) in [5, 5.41) is 3.87. The summed E-state index contributed by atoms with van der Waals surface area (Å²) in [4.78, 5) is 33.2. The molecule has 32 heavy (non-hydrogen) atoms. The molecule has 1 N–H and O–H groups in total. The average Bonchev–Trinajstić information content (AvgIpc) is 3.11. The fraction of sp³-hybridized carbons (Fsp3) is 0.522. The molecule has 9 heteroatoms. The SMILES string of the molecule is CCOCC1=C(C(=O)Nc2ccc(SCCC(=O)OC(C)(C)C)cc2)SC2=NCCCN21. The summed E-state index contributed by atoms with van der Waals surface area (Å²) in [5.74, 6) is 0.301. The number of rotatable bonds is 9. The molecule has 3 rings (SSSR count). The van der Waals surface area contributed by atoms with E-state index in [1.54, 1.807) is 11.8 Å². The topological polar surface area (TPSA) is 80.2 Å². The fourth-order valence-corrected chi connectivity index (χ4v) is 5.10. The first-order chi connectivity index (χ1) is 15.3. The van der Waals surface area contributed by atoms with Crippen molar-refractivity contribution in [2.75, 3.05) is 37.4 Å². The highest BCUT2D eigenvalue weighted by Gasteiger charge is 2.34. The lowest BCUT2D eigenvalue weighted by Crippen LogP contribution is -2.31. The van der Waals surface area contributed by atoms with Crippen LogP contribution in [-0.2, 0) is 19.1 Å². The van der Waals surface area contributed by atoms with Gasteiger partial charge in [0.15, 0.2) is 5.17 Å². The van der Waals surface area contributed by atoms with Gasteiger partial charge in [-0.3, -0.25) is 14.6 Å². The first-order valence-electron chi connectivity index (χ1n) is 10.8. The number of fused-ring (bicyclic) bond motifs is 1. The Morgan fingerprint density at radius 2 is 2.00 bits per heavy atom. The Morgan fingerprint density at radius 3 is 2.69 bits per heavy atom. The molecule has 2 aliphatic heterocycles. The molecule has 0 aromatic heterocycles. The number of aliphatic imine (C=N–C) groups is 1. The molecule has 2 heterocycles. The van der Waals surface area contributed by atoms with Gasteiger partial charge in [0.05, 0.1) is 18.7 Å². The molecule has 1 amide bonds. The third kappa shape index (κ3) is 7.02. The van der Waals surface area contributed by atoms with Crippen LogP contribution >= 0.6 is 23.5 Å². The van der Waals surface area contributed by atoms with Crippen LogP contribution in [0.5, 0.6) is 0 Å². The molecule has 1 aromatic rings. The Labute approximate surface area is 198 Å². The smallest absolute Gasteiger partial charge is 0.307 e. The summed E-state index contributed by atoms with van der Waals surface area (Å²) < 4.78 is 10.9. The lowest BCUT2D eigenvalue weighted by Gasteiger charge is -2.25. The number of nitrogens with one attached hydrogen (secondary N) is 1. The van der Waals surface area contributed by atoms with Gasteiger partial charge in [-0.15, -0.1) is 11.8 Å². The maximum absolute atomic E-state index is 13.0. The van der Waals surface area contributed by atoms with E-state index in [1.165, 1.54) is 11.8 Å². The quantitative estimate of drug-likeness (QED) is 0.414. The fourth-order valence-electron chi connectivity index (χ4n) is 3.18. The number of carbonyl (C=O) groups excluding carboxylic acids is 2. The van der Waals surface area contributed by atoms with Gasteiger partial charge in [-0.25, -0.2) is 0 Å². The van der Waals surface area contributed by atoms with Crippen LogP contribution in [0.4, 0.5) is 5.69 Å². The number of hydrogen-bond acceptors (Lipinski definition) is 8. The zero-order valence-corrected chi connectivity index (χ0v) is 20.7. The van der Waals surface area contributed by atoms with Crippen molar-refractivity contribution >= 4 is 46.3 Å². The maximum atomic E-state index is 13.0. The van der Waals surface area contributed by atoms with Gasteiger partial charge in [-0.2, -0.15) is 0 Å². The van der Waals surface area contributed by atoms with Crippen LogP contribution in [0.1, 0.15) is 40.5 Å². The number of ether oxygens (including phenoxy) is 2. The van der Waals surface area contributed by atoms with Crippen molar-refractivity contribution in [2.45, 2.75) is 51.0 Å². The lowest BCUT2D eigenvalue weighted by molar-refractivity contribution is -0.154. The highest BCUT2D eigenvalue weighted by molar-refractivity contribution is 8.18. The summed E-state index contributed by atoms with van der Waals surface area (Å²) in [5.41, 5.74) is 1.16. The van der Waals surface area contributed by atoms with Crippen molar-refractivity contribution in [1.82, 2.24) is 4.90 Å². The Hall–Kier alpha value is -1.97. The second-order valence-corrected chi connectivity index (χ2v) is 10.5. The van der Waals surface area contributed by atoms with Gasteiger partial charge < -0.3 is 19.7 Å². The zero-order valence-electron chi connectivity index (χ0n) is 19.1. The van der Waals surface area contributed by atoms with Crippen molar-refractivity contribution in [3.05, 3.63) is 34.9 Å². The average molecular weight is 478 g/mol. The van der Waals surface area contributed by atoms with E-state index in [0.717, 1.165) is 41.0 Å². The highest BCUT2D eigenvalue weighted by Crippen LogP contribution is 2.37. The number of amides is 1. The van der Waals surface area contributed by atoms with E-state index in [0.29, 0.717) is 30.3 Å². The van der Waals surface area contributed by atoms with Gasteiger partial charge in [0.2, 0.25) is 0 Å². The molecule has 0 atom stereocenters. The number of carbonyl (C=O) groups is 2. The molecular weight excluding hydrogens is 446 g/mol. The molecule has 1 aromatic carbocycles. The van der Waals surface area contributed by atoms with Gasteiger partial charge in [0, 0.05) is 36.0 Å². The molecule has 0 radical (unpaired) electrons. The number of amidine groups is 1. The van der Waals surface area contributed by atoms with Crippen molar-refractivity contribution in [3.63, 3.8) is 0 Å². The molecule has 0 bridgehead atoms. The van der Waals surface area contributed by atoms with Crippen LogP contribution in [-0.4, -0.2) is 59.6 Å². The second kappa shape index (κ2) is 11.2. The van der Waals surface area contributed by atoms with Crippen LogP contribution in [0.15, 0.2) is 44.8 Å². The standard InChI is InChI=1S/C23H31N3O4S2/c1-5-29-15-18-20(32-22-24-12-6-13-26(18)22)21(28)25-16-7-9-17(10-8-16)31-14-11-19(27)30-23(2,3)4/h7-10H,5-6,11-15H2,1-4H3,(H,25,28). The Morgan fingerprint density at radius 1 is 1.25 bits per heavy atom. The minimum Gasteiger partial charge on any atom is -0.460 e. The molecule has 0 spiro atoms. The van der Waals surface area contributed by atoms with Crippen molar-refractivity contribution < 1.29 is 19.1 Å². The molecule has 174 valence electrons. The molecule has 0 saturated heterocycles. The van der Waals surface area contributed by atoms with E-state index in [9.17, 15) is 9.59 Å². The van der Waals surface area contributed by atoms with Gasteiger partial charge in [0.1, 0.15) is 10.5 Å². The Bertz CT molecular complexity index is 891. The number of thioether (sulfide) groups is 2. The number of anilines is 1. The summed E-state index contributed by atoms with van der Waals surface area (Å²) >= 11 is 3.00. The van der Waals surface area contributed by atoms with Crippen molar-refractivity contribution in [1.29, 1.82) is 0 Å². The van der Waals surface area contributed by atoms with Gasteiger partial charge in [-0.1, -0.05) is 0 Å². The van der Waals surface area contributed by atoms with E-state index in [-0.39, 0.29) is 11.9 Å². The van der Waals surface area contributed by atoms with Crippen LogP contribution < -0.4 is 5.32 Å². The molecule has 2 aliphatic rings. The van der Waals surface area contributed by atoms with Crippen LogP contribution in [0.25, 0.3) is 0 Å². The normalized spacial score (nSPS) is 16.0. The van der Waals surface area contributed by atoms with Crippen LogP contribution in [0.3, 0.4) is 0 Å². The molecule has 0 unspecified atom stereocenters. The summed E-state index contributed by atoms with van der Waals surface area (Å²) in [7, 11) is 0. The number of nitrogens with zero attached hydrogens (tertiary/aromatic N) is 2. The third-order valence-corrected chi connectivity index (χ3v) is 6.73. The molecule has 0 saturated carbocycles. The predicted octanol–water partition coefficient (Wildman–Crippen LogP) is 4.51. The first kappa shape index (κ1) is 24.7. The lowest BCUT2D eigenvalue weighted by atomic mass is 10.2. The maximum Gasteiger partial charge on any atom is 0.307 e. The Balaban J connectivity index is 1.56. The molecular formula is C23H31N3O4S2. The molecule has 0 fully saturated rings. The molecule has 0 aliphatic carbocycles. The van der Waals surface area contributed by atoms with E-state index in [2.05, 4.69) is 15.2 Å². The van der Waals surface area contributed by atoms with Crippen molar-refractivity contribution in [3.8, 4) is 0 Å². The Kier molecular flexibility index (Phi) is 8.67. The van der Waals surface area contributed by atoms with Gasteiger partial charge in [0.25, 0.3) is 5.91 Å². The molecule has 7 nitrogen and oxygen atoms in total. The summed E-state index contributed by atoms with van der Waals surface area (Å²) in [6.07, 6.45) is 1.33. The summed E-state index contributed by atoms with van der Waals surface area (Å²) in [6, 6.07) is 7.64. The number of esters is 1. The minimum absolute atomic E-state index is 0.146. The summed E-state index contributed by atoms with van der Waals surface area (Å²) in [6.45, 7) is 10.2. The highest BCUT2D eigenvalue weighted by atomic mass is 32.2. The number of benzene rings is 1. The van der Waals surface area contributed by atoms with E-state index < -0.39 is 5.60 Å². The first-order valence-corrected chi connectivity index (χ1v) is 12.6. The van der Waals surface area contributed by atoms with E-state index in [1.807, 2.05) is 52.0 Å². The van der Waals surface area contributed by atoms with Gasteiger partial charge in [-0.05, 0) is 70.1 Å². The minimum atomic E-state index is -0.460. The number of hydrogen-bond donors (Lipinski definition) is 1. The van der Waals surface area contributed by atoms with Crippen molar-refractivity contribution in [2.24, 2.45) is 4.99 Å². The largest absolute Gasteiger partial charge is 0.460 e. The van der Waals surface area contributed by atoms with Gasteiger partial charge >= 0.3 is 5.97 Å². The van der Waals surface area contributed by atoms with Crippen LogP contribution in [0, 0.1) is 0 Å². The van der Waals surface area contributed by atoms with Crippen LogP contribution in [0.2, 0.25) is 0 Å². The zero-order chi connectivity index (χ0) is 23.1. The second-order valence-electron chi connectivity index (χ2n) is 8.35. The van der Waals surface area contributed by atoms with E-state index >= 15 is 0 Å². The van der Waals surface area contributed by atoms with E-state index in [4.69, 9.17) is 9.47 Å². The monoisotopic (exact) mass is 477 g/mol. The third-order valence-electron chi connectivity index (χ3n) is 4.56.